The molecular formula is C13H14O4. The van der Waals surface area contributed by atoms with E-state index in [0.29, 0.717) is 11.3 Å². The van der Waals surface area contributed by atoms with Crippen LogP contribution in [0.2, 0.25) is 0 Å². The number of hydrogen-bond acceptors (Lipinski definition) is 3. The first-order chi connectivity index (χ1) is 7.96. The third kappa shape index (κ3) is 1.90. The van der Waals surface area contributed by atoms with E-state index in [4.69, 9.17) is 9.84 Å². The lowest BCUT2D eigenvalue weighted by atomic mass is 9.81. The second-order valence-electron chi connectivity index (χ2n) is 4.64. The SMILES string of the molecule is COc1ccc2c(c1)C(C)(CC(=O)O)CC2=O. The average molecular weight is 234 g/mol. The predicted octanol–water partition coefficient (Wildman–Crippen LogP) is 2.01. The average Bonchev–Trinajstić information content (AvgIpc) is 2.49. The van der Waals surface area contributed by atoms with Crippen molar-refractivity contribution in [3.63, 3.8) is 0 Å². The third-order valence-electron chi connectivity index (χ3n) is 3.27. The van der Waals surface area contributed by atoms with E-state index in [-0.39, 0.29) is 18.6 Å². The highest BCUT2D eigenvalue weighted by Gasteiger charge is 2.41. The normalized spacial score (nSPS) is 22.4. The van der Waals surface area contributed by atoms with Gasteiger partial charge in [0.25, 0.3) is 0 Å². The Morgan fingerprint density at radius 1 is 1.53 bits per heavy atom. The topological polar surface area (TPSA) is 63.6 Å². The first-order valence-corrected chi connectivity index (χ1v) is 5.40. The van der Waals surface area contributed by atoms with Gasteiger partial charge in [-0.2, -0.15) is 0 Å². The minimum atomic E-state index is -0.893. The summed E-state index contributed by atoms with van der Waals surface area (Å²) in [7, 11) is 1.55. The van der Waals surface area contributed by atoms with E-state index in [1.54, 1.807) is 25.3 Å². The van der Waals surface area contributed by atoms with Crippen LogP contribution in [0, 0.1) is 0 Å². The van der Waals surface area contributed by atoms with E-state index in [0.717, 1.165) is 5.56 Å². The Balaban J connectivity index is 2.50. The van der Waals surface area contributed by atoms with Gasteiger partial charge in [-0.05, 0) is 23.8 Å². The summed E-state index contributed by atoms with van der Waals surface area (Å²) in [4.78, 5) is 22.7. The van der Waals surface area contributed by atoms with E-state index >= 15 is 0 Å². The summed E-state index contributed by atoms with van der Waals surface area (Å²) >= 11 is 0. The number of benzene rings is 1. The second-order valence-corrected chi connectivity index (χ2v) is 4.64. The van der Waals surface area contributed by atoms with Gasteiger partial charge >= 0.3 is 5.97 Å². The van der Waals surface area contributed by atoms with E-state index in [1.165, 1.54) is 0 Å². The number of fused-ring (bicyclic) bond motifs is 1. The van der Waals surface area contributed by atoms with Crippen molar-refractivity contribution in [1.82, 2.24) is 0 Å². The first-order valence-electron chi connectivity index (χ1n) is 5.40. The molecule has 1 unspecified atom stereocenters. The molecule has 0 spiro atoms. The maximum atomic E-state index is 11.8. The molecule has 1 aliphatic carbocycles. The van der Waals surface area contributed by atoms with Gasteiger partial charge in [0.1, 0.15) is 5.75 Å². The second kappa shape index (κ2) is 3.87. The molecule has 17 heavy (non-hydrogen) atoms. The molecule has 1 N–H and O–H groups in total. The lowest BCUT2D eigenvalue weighted by Crippen LogP contribution is -2.23. The standard InChI is InChI=1S/C13H14O4/c1-13(7-12(15)16)6-11(14)9-4-3-8(17-2)5-10(9)13/h3-5H,6-7H2,1-2H3,(H,15,16). The molecule has 0 aromatic heterocycles. The summed E-state index contributed by atoms with van der Waals surface area (Å²) in [6.07, 6.45) is 0.209. The maximum Gasteiger partial charge on any atom is 0.304 e. The molecule has 0 amide bonds. The van der Waals surface area contributed by atoms with Crippen LogP contribution >= 0.6 is 0 Å². The molecule has 0 aliphatic heterocycles. The van der Waals surface area contributed by atoms with E-state index in [2.05, 4.69) is 0 Å². The van der Waals surface area contributed by atoms with Crippen LogP contribution in [0.5, 0.6) is 5.75 Å². The molecule has 0 heterocycles. The monoisotopic (exact) mass is 234 g/mol. The van der Waals surface area contributed by atoms with Crippen molar-refractivity contribution in [3.05, 3.63) is 29.3 Å². The third-order valence-corrected chi connectivity index (χ3v) is 3.27. The maximum absolute atomic E-state index is 11.8. The molecule has 0 bridgehead atoms. The highest BCUT2D eigenvalue weighted by Crippen LogP contribution is 2.42. The molecule has 0 radical (unpaired) electrons. The van der Waals surface area contributed by atoms with Crippen molar-refractivity contribution in [2.45, 2.75) is 25.2 Å². The van der Waals surface area contributed by atoms with Gasteiger partial charge in [-0.25, -0.2) is 0 Å². The molecular weight excluding hydrogens is 220 g/mol. The summed E-state index contributed by atoms with van der Waals surface area (Å²) in [6, 6.07) is 5.20. The number of Topliss-reactive ketones (excluding diaryl/α,β-unsaturated/α-hetero) is 1. The number of carboxylic acids is 1. The van der Waals surface area contributed by atoms with Gasteiger partial charge in [-0.1, -0.05) is 6.92 Å². The van der Waals surface area contributed by atoms with Crippen LogP contribution < -0.4 is 4.74 Å². The summed E-state index contributed by atoms with van der Waals surface area (Å²) in [5.41, 5.74) is 0.783. The van der Waals surface area contributed by atoms with Gasteiger partial charge in [0.2, 0.25) is 0 Å². The molecule has 0 saturated carbocycles. The number of carboxylic acid groups (broad SMARTS) is 1. The molecule has 0 fully saturated rings. The minimum absolute atomic E-state index is 0.00593. The molecule has 4 heteroatoms. The Labute approximate surface area is 99.2 Å². The molecule has 0 saturated heterocycles. The quantitative estimate of drug-likeness (QED) is 0.869. The van der Waals surface area contributed by atoms with Gasteiger partial charge in [-0.3, -0.25) is 9.59 Å². The van der Waals surface area contributed by atoms with Crippen molar-refractivity contribution < 1.29 is 19.4 Å². The fraction of sp³-hybridized carbons (Fsp3) is 0.385. The Kier molecular flexibility index (Phi) is 2.65. The van der Waals surface area contributed by atoms with E-state index in [1.807, 2.05) is 6.92 Å². The number of carbonyl (C=O) groups is 2. The summed E-state index contributed by atoms with van der Waals surface area (Å²) in [5.74, 6) is -0.238. The zero-order chi connectivity index (χ0) is 12.6. The van der Waals surface area contributed by atoms with Crippen molar-refractivity contribution in [1.29, 1.82) is 0 Å². The number of ketones is 1. The summed E-state index contributed by atoms with van der Waals surface area (Å²) in [6.45, 7) is 1.81. The molecule has 90 valence electrons. The molecule has 2 rings (SSSR count). The van der Waals surface area contributed by atoms with Crippen LogP contribution in [0.3, 0.4) is 0 Å². The van der Waals surface area contributed by atoms with Crippen molar-refractivity contribution in [2.24, 2.45) is 0 Å². The fourth-order valence-electron chi connectivity index (χ4n) is 2.43. The molecule has 1 atom stereocenters. The van der Waals surface area contributed by atoms with Crippen LogP contribution in [-0.4, -0.2) is 24.0 Å². The smallest absolute Gasteiger partial charge is 0.304 e. The van der Waals surface area contributed by atoms with Crippen molar-refractivity contribution in [2.75, 3.05) is 7.11 Å². The summed E-state index contributed by atoms with van der Waals surface area (Å²) in [5, 5.41) is 8.93. The van der Waals surface area contributed by atoms with Crippen molar-refractivity contribution >= 4 is 11.8 Å². The minimum Gasteiger partial charge on any atom is -0.497 e. The molecule has 1 aromatic rings. The van der Waals surface area contributed by atoms with Gasteiger partial charge < -0.3 is 9.84 Å². The number of aliphatic carboxylic acids is 1. The van der Waals surface area contributed by atoms with Gasteiger partial charge in [0.05, 0.1) is 13.5 Å². The Morgan fingerprint density at radius 2 is 2.24 bits per heavy atom. The number of hydrogen-bond donors (Lipinski definition) is 1. The largest absolute Gasteiger partial charge is 0.497 e. The van der Waals surface area contributed by atoms with Crippen LogP contribution in [0.1, 0.15) is 35.7 Å². The van der Waals surface area contributed by atoms with Crippen molar-refractivity contribution in [3.8, 4) is 5.75 Å². The van der Waals surface area contributed by atoms with Crippen LogP contribution in [0.4, 0.5) is 0 Å². The Hall–Kier alpha value is -1.84. The van der Waals surface area contributed by atoms with Gasteiger partial charge in [0, 0.05) is 17.4 Å². The van der Waals surface area contributed by atoms with Gasteiger partial charge in [0.15, 0.2) is 5.78 Å². The molecule has 1 aromatic carbocycles. The first kappa shape index (κ1) is 11.6. The van der Waals surface area contributed by atoms with Crippen LogP contribution in [0.15, 0.2) is 18.2 Å². The highest BCUT2D eigenvalue weighted by atomic mass is 16.5. The lowest BCUT2D eigenvalue weighted by Gasteiger charge is -2.22. The van der Waals surface area contributed by atoms with Crippen LogP contribution in [0.25, 0.3) is 0 Å². The number of methoxy groups -OCH3 is 1. The van der Waals surface area contributed by atoms with E-state index in [9.17, 15) is 9.59 Å². The molecule has 1 aliphatic rings. The van der Waals surface area contributed by atoms with E-state index < -0.39 is 11.4 Å². The number of carbonyl (C=O) groups excluding carboxylic acids is 1. The zero-order valence-electron chi connectivity index (χ0n) is 9.82. The van der Waals surface area contributed by atoms with Crippen LogP contribution in [-0.2, 0) is 10.2 Å². The lowest BCUT2D eigenvalue weighted by molar-refractivity contribution is -0.138. The number of ether oxygens (including phenoxy) is 1. The number of rotatable bonds is 3. The fourth-order valence-corrected chi connectivity index (χ4v) is 2.43. The Bertz CT molecular complexity index is 488. The zero-order valence-corrected chi connectivity index (χ0v) is 9.82. The predicted molar refractivity (Wildman–Crippen MR) is 61.5 cm³/mol. The highest BCUT2D eigenvalue weighted by molar-refractivity contribution is 6.02. The Morgan fingerprint density at radius 3 is 2.82 bits per heavy atom. The molecule has 4 nitrogen and oxygen atoms in total. The summed E-state index contributed by atoms with van der Waals surface area (Å²) < 4.78 is 5.11. The van der Waals surface area contributed by atoms with Gasteiger partial charge in [-0.15, -0.1) is 0 Å².